The third-order valence-electron chi connectivity index (χ3n) is 9.09. The van der Waals surface area contributed by atoms with Crippen molar-refractivity contribution < 1.29 is 33.9 Å². The molecule has 3 atom stereocenters. The van der Waals surface area contributed by atoms with Gasteiger partial charge in [0.1, 0.15) is 17.6 Å². The van der Waals surface area contributed by atoms with E-state index in [4.69, 9.17) is 5.73 Å². The highest BCUT2D eigenvalue weighted by atomic mass is 16.4. The number of imidazole rings is 1. The zero-order chi connectivity index (χ0) is 37.7. The molecule has 13 nitrogen and oxygen atoms in total. The van der Waals surface area contributed by atoms with Crippen LogP contribution in [-0.2, 0) is 35.2 Å². The first kappa shape index (κ1) is 45.6. The number of nitrogens with one attached hydrogen (secondary N) is 4. The molecule has 0 spiro atoms. The molecular formula is C38H66N6O7. The Labute approximate surface area is 304 Å². The maximum Gasteiger partial charge on any atom is 0.326 e. The number of carboxylic acid groups (broad SMARTS) is 1. The Morgan fingerprint density at radius 3 is 1.98 bits per heavy atom. The number of nitrogens with two attached hydrogens (primary N) is 1. The van der Waals surface area contributed by atoms with Gasteiger partial charge in [-0.1, -0.05) is 90.4 Å². The van der Waals surface area contributed by atoms with Crippen LogP contribution in [0.4, 0.5) is 0 Å². The zero-order valence-corrected chi connectivity index (χ0v) is 31.3. The van der Waals surface area contributed by atoms with E-state index < -0.39 is 24.0 Å². The number of hydrogen-bond donors (Lipinski definition) is 6. The average Bonchev–Trinajstić information content (AvgIpc) is 3.60. The van der Waals surface area contributed by atoms with E-state index in [-0.39, 0.29) is 74.4 Å². The second-order valence-corrected chi connectivity index (χ2v) is 13.9. The minimum absolute atomic E-state index is 0.0176. The van der Waals surface area contributed by atoms with Crippen LogP contribution in [0.3, 0.4) is 0 Å². The van der Waals surface area contributed by atoms with Gasteiger partial charge in [0.05, 0.1) is 25.5 Å². The molecule has 0 bridgehead atoms. The van der Waals surface area contributed by atoms with E-state index in [1.807, 2.05) is 0 Å². The van der Waals surface area contributed by atoms with Gasteiger partial charge < -0.3 is 31.8 Å². The fraction of sp³-hybridized carbons (Fsp3) is 0.763. The van der Waals surface area contributed by atoms with Crippen LogP contribution in [0, 0.1) is 5.92 Å². The van der Waals surface area contributed by atoms with Gasteiger partial charge in [-0.25, -0.2) is 9.78 Å². The van der Waals surface area contributed by atoms with Crippen LogP contribution in [0.2, 0.25) is 0 Å². The molecule has 0 aliphatic heterocycles. The average molecular weight is 719 g/mol. The number of aromatic amines is 1. The SMILES string of the molecule is CCCCCCCCCCCCCCCC(=O)N[C@@H](CCC(=O)NCCCC[C@H](CC(=O)[C@@H](N)Cc1cnc[nH]1)C(=O)CNCC(C)=O)C(=O)O. The van der Waals surface area contributed by atoms with Crippen molar-refractivity contribution in [2.24, 2.45) is 11.7 Å². The van der Waals surface area contributed by atoms with Crippen molar-refractivity contribution in [1.29, 1.82) is 0 Å². The highest BCUT2D eigenvalue weighted by Crippen LogP contribution is 2.17. The standard InChI is InChI=1S/C38H66N6O7/c1-3-4-5-6-7-8-9-10-11-12-13-14-15-19-37(49)44-33(38(50)51)20-21-36(48)42-22-17-16-18-30(35(47)27-40-25-29(2)45)23-34(46)32(39)24-31-26-41-28-43-31/h26,28,30,32-33,40H,3-25,27,39H2,1-2H3,(H,41,43)(H,42,48)(H,44,49)(H,50,51)/t30-,32+,33+/m1/s1. The number of hydrogen-bond acceptors (Lipinski definition) is 9. The number of carboxylic acids is 1. The molecule has 1 aromatic heterocycles. The van der Waals surface area contributed by atoms with E-state index in [0.29, 0.717) is 32.2 Å². The topological polar surface area (TPSA) is 213 Å². The summed E-state index contributed by atoms with van der Waals surface area (Å²) in [6.45, 7) is 3.99. The highest BCUT2D eigenvalue weighted by Gasteiger charge is 2.25. The predicted molar refractivity (Wildman–Crippen MR) is 198 cm³/mol. The van der Waals surface area contributed by atoms with Gasteiger partial charge in [0.25, 0.3) is 0 Å². The second kappa shape index (κ2) is 29.2. The van der Waals surface area contributed by atoms with E-state index >= 15 is 0 Å². The number of carbonyl (C=O) groups is 6. The zero-order valence-electron chi connectivity index (χ0n) is 31.3. The van der Waals surface area contributed by atoms with Crippen LogP contribution >= 0.6 is 0 Å². The van der Waals surface area contributed by atoms with E-state index in [1.165, 1.54) is 71.0 Å². The molecule has 0 unspecified atom stereocenters. The van der Waals surface area contributed by atoms with Gasteiger partial charge in [-0.15, -0.1) is 0 Å². The minimum Gasteiger partial charge on any atom is -0.480 e. The minimum atomic E-state index is -1.17. The summed E-state index contributed by atoms with van der Waals surface area (Å²) < 4.78 is 0. The molecule has 13 heteroatoms. The van der Waals surface area contributed by atoms with Crippen molar-refractivity contribution in [2.45, 2.75) is 161 Å². The lowest BCUT2D eigenvalue weighted by atomic mass is 9.89. The summed E-state index contributed by atoms with van der Waals surface area (Å²) in [4.78, 5) is 80.3. The van der Waals surface area contributed by atoms with Crippen molar-refractivity contribution in [1.82, 2.24) is 25.9 Å². The first-order valence-electron chi connectivity index (χ1n) is 19.3. The number of aliphatic carboxylic acids is 1. The molecule has 0 aromatic carbocycles. The molecule has 7 N–H and O–H groups in total. The smallest absolute Gasteiger partial charge is 0.326 e. The van der Waals surface area contributed by atoms with E-state index in [2.05, 4.69) is 32.8 Å². The molecule has 1 rings (SSSR count). The van der Waals surface area contributed by atoms with Gasteiger partial charge in [0.2, 0.25) is 11.8 Å². The Morgan fingerprint density at radius 2 is 1.41 bits per heavy atom. The molecule has 51 heavy (non-hydrogen) atoms. The quantitative estimate of drug-likeness (QED) is 0.0540. The number of unbranched alkanes of at least 4 members (excludes halogenated alkanes) is 13. The van der Waals surface area contributed by atoms with Gasteiger partial charge in [0, 0.05) is 50.0 Å². The van der Waals surface area contributed by atoms with Crippen molar-refractivity contribution in [2.75, 3.05) is 19.6 Å². The van der Waals surface area contributed by atoms with Crippen LogP contribution in [0.25, 0.3) is 0 Å². The molecule has 2 amide bonds. The van der Waals surface area contributed by atoms with Crippen LogP contribution in [0.5, 0.6) is 0 Å². The molecule has 1 aromatic rings. The number of aromatic nitrogens is 2. The lowest BCUT2D eigenvalue weighted by molar-refractivity contribution is -0.142. The number of ketones is 3. The monoisotopic (exact) mass is 718 g/mol. The summed E-state index contributed by atoms with van der Waals surface area (Å²) >= 11 is 0. The predicted octanol–water partition coefficient (Wildman–Crippen LogP) is 4.72. The summed E-state index contributed by atoms with van der Waals surface area (Å²) in [5, 5.41) is 17.7. The van der Waals surface area contributed by atoms with E-state index in [1.54, 1.807) is 6.20 Å². The maximum absolute atomic E-state index is 12.9. The maximum atomic E-state index is 12.9. The number of Topliss-reactive ketones (excluding diaryl/α,β-unsaturated/α-hetero) is 3. The van der Waals surface area contributed by atoms with Crippen molar-refractivity contribution in [3.05, 3.63) is 18.2 Å². The third-order valence-corrected chi connectivity index (χ3v) is 9.09. The van der Waals surface area contributed by atoms with E-state index in [0.717, 1.165) is 25.0 Å². The molecule has 290 valence electrons. The van der Waals surface area contributed by atoms with Crippen LogP contribution in [0.1, 0.15) is 148 Å². The molecule has 0 saturated heterocycles. The van der Waals surface area contributed by atoms with Gasteiger partial charge in [-0.3, -0.25) is 24.0 Å². The van der Waals surface area contributed by atoms with Gasteiger partial charge in [-0.05, 0) is 32.6 Å². The summed E-state index contributed by atoms with van der Waals surface area (Å²) in [6.07, 6.45) is 20.7. The third kappa shape index (κ3) is 24.4. The number of H-pyrrole nitrogens is 1. The number of rotatable bonds is 34. The number of amides is 2. The highest BCUT2D eigenvalue weighted by molar-refractivity contribution is 5.91. The van der Waals surface area contributed by atoms with Crippen molar-refractivity contribution >= 4 is 35.1 Å². The molecular weight excluding hydrogens is 652 g/mol. The van der Waals surface area contributed by atoms with Crippen LogP contribution < -0.4 is 21.7 Å². The fourth-order valence-electron chi connectivity index (χ4n) is 5.96. The van der Waals surface area contributed by atoms with Gasteiger partial charge in [0.15, 0.2) is 5.78 Å². The number of nitrogens with zero attached hydrogens (tertiary/aromatic N) is 1. The normalized spacial score (nSPS) is 12.9. The Bertz CT molecular complexity index is 1140. The van der Waals surface area contributed by atoms with Gasteiger partial charge in [-0.2, -0.15) is 0 Å². The largest absolute Gasteiger partial charge is 0.480 e. The Morgan fingerprint density at radius 1 is 0.784 bits per heavy atom. The van der Waals surface area contributed by atoms with Crippen LogP contribution in [-0.4, -0.2) is 81.9 Å². The molecule has 0 saturated carbocycles. The van der Waals surface area contributed by atoms with Crippen molar-refractivity contribution in [3.8, 4) is 0 Å². The summed E-state index contributed by atoms with van der Waals surface area (Å²) in [6, 6.07) is -1.92. The summed E-state index contributed by atoms with van der Waals surface area (Å²) in [5.41, 5.74) is 6.81. The lowest BCUT2D eigenvalue weighted by Gasteiger charge is -2.18. The van der Waals surface area contributed by atoms with E-state index in [9.17, 15) is 33.9 Å². The molecule has 0 aliphatic rings. The number of carbonyl (C=O) groups excluding carboxylic acids is 5. The van der Waals surface area contributed by atoms with Crippen molar-refractivity contribution in [3.63, 3.8) is 0 Å². The lowest BCUT2D eigenvalue weighted by Crippen LogP contribution is -2.41. The summed E-state index contributed by atoms with van der Waals surface area (Å²) in [5.74, 6) is -2.92. The molecule has 1 heterocycles. The molecule has 0 aliphatic carbocycles. The second-order valence-electron chi connectivity index (χ2n) is 13.9. The Hall–Kier alpha value is -3.45. The first-order valence-corrected chi connectivity index (χ1v) is 19.3. The molecule has 0 radical (unpaired) electrons. The Balaban J connectivity index is 2.30. The Kier molecular flexibility index (Phi) is 26.1. The first-order chi connectivity index (χ1) is 24.5. The fourth-order valence-corrected chi connectivity index (χ4v) is 5.96. The summed E-state index contributed by atoms with van der Waals surface area (Å²) in [7, 11) is 0. The van der Waals surface area contributed by atoms with Gasteiger partial charge >= 0.3 is 5.97 Å². The molecule has 0 fully saturated rings. The van der Waals surface area contributed by atoms with Crippen LogP contribution in [0.15, 0.2) is 12.5 Å².